The van der Waals surface area contributed by atoms with E-state index in [2.05, 4.69) is 5.32 Å². The van der Waals surface area contributed by atoms with Crippen LogP contribution in [0.1, 0.15) is 41.4 Å². The number of fused-ring (bicyclic) bond motifs is 1. The van der Waals surface area contributed by atoms with Crippen LogP contribution in [-0.4, -0.2) is 30.2 Å². The maximum absolute atomic E-state index is 14.0. The molecule has 0 aliphatic carbocycles. The number of amides is 1. The number of methoxy groups -OCH3 is 1. The summed E-state index contributed by atoms with van der Waals surface area (Å²) >= 11 is 1.25. The summed E-state index contributed by atoms with van der Waals surface area (Å²) in [4.78, 5) is 45.6. The van der Waals surface area contributed by atoms with Crippen LogP contribution in [0.4, 0.5) is 5.69 Å². The van der Waals surface area contributed by atoms with Crippen molar-refractivity contribution in [2.24, 2.45) is 4.99 Å². The minimum absolute atomic E-state index is 0.278. The van der Waals surface area contributed by atoms with Crippen LogP contribution in [0.25, 0.3) is 6.08 Å². The maximum Gasteiger partial charge on any atom is 0.343 e. The zero-order chi connectivity index (χ0) is 32.9. The first kappa shape index (κ1) is 31.3. The van der Waals surface area contributed by atoms with Gasteiger partial charge in [-0.15, -0.1) is 0 Å². The molecular weight excluding hydrogens is 614 g/mol. The molecule has 0 bridgehead atoms. The van der Waals surface area contributed by atoms with E-state index in [9.17, 15) is 14.4 Å². The Kier molecular flexibility index (Phi) is 9.12. The number of allylic oxidation sites excluding steroid dienone is 1. The van der Waals surface area contributed by atoms with Gasteiger partial charge < -0.3 is 19.5 Å². The Morgan fingerprint density at radius 1 is 0.894 bits per heavy atom. The standard InChI is InChI=1S/C37H31N3O6S/c1-4-45-29-20-12-25(13-21-29)33-32(34(41)39-27-8-6-5-7-9-27)23(2)38-37-40(33)35(42)31(47-37)22-24-10-16-30(17-11-24)46-36(43)26-14-18-28(44-3)19-15-26/h5-22,33H,4H2,1-3H3,(H,39,41)/b31-22-/t33-/m0/s1. The summed E-state index contributed by atoms with van der Waals surface area (Å²) in [6, 6.07) is 29.4. The monoisotopic (exact) mass is 645 g/mol. The molecule has 1 N–H and O–H groups in total. The number of esters is 1. The van der Waals surface area contributed by atoms with E-state index >= 15 is 0 Å². The zero-order valence-corrected chi connectivity index (χ0v) is 26.7. The van der Waals surface area contributed by atoms with Crippen LogP contribution >= 0.6 is 11.3 Å². The number of carbonyl (C=O) groups is 2. The summed E-state index contributed by atoms with van der Waals surface area (Å²) < 4.78 is 18.3. The third-order valence-electron chi connectivity index (χ3n) is 7.52. The van der Waals surface area contributed by atoms with Gasteiger partial charge in [0.05, 0.1) is 41.1 Å². The number of anilines is 1. The van der Waals surface area contributed by atoms with Crippen molar-refractivity contribution in [3.8, 4) is 17.2 Å². The van der Waals surface area contributed by atoms with Crippen LogP contribution in [0, 0.1) is 0 Å². The summed E-state index contributed by atoms with van der Waals surface area (Å²) in [6.07, 6.45) is 1.76. The van der Waals surface area contributed by atoms with Crippen molar-refractivity contribution in [1.29, 1.82) is 0 Å². The van der Waals surface area contributed by atoms with E-state index in [1.807, 2.05) is 49.4 Å². The van der Waals surface area contributed by atoms with Crippen LogP contribution in [-0.2, 0) is 4.79 Å². The number of nitrogens with zero attached hydrogens (tertiary/aromatic N) is 2. The second-order valence-electron chi connectivity index (χ2n) is 10.6. The number of hydrogen-bond donors (Lipinski definition) is 1. The predicted octanol–water partition coefficient (Wildman–Crippen LogP) is 5.50. The van der Waals surface area contributed by atoms with Crippen molar-refractivity contribution in [3.63, 3.8) is 0 Å². The fraction of sp³-hybridized carbons (Fsp3) is 0.135. The molecule has 4 aromatic carbocycles. The quantitative estimate of drug-likeness (QED) is 0.168. The van der Waals surface area contributed by atoms with Gasteiger partial charge in [-0.3, -0.25) is 14.2 Å². The molecule has 0 spiro atoms. The Balaban J connectivity index is 1.33. The highest BCUT2D eigenvalue weighted by Crippen LogP contribution is 2.32. The molecule has 0 unspecified atom stereocenters. The Bertz CT molecular complexity index is 2130. The lowest BCUT2D eigenvalue weighted by atomic mass is 9.95. The second-order valence-corrected chi connectivity index (χ2v) is 11.6. The van der Waals surface area contributed by atoms with Gasteiger partial charge in [-0.2, -0.15) is 0 Å². The van der Waals surface area contributed by atoms with Crippen LogP contribution in [0.2, 0.25) is 0 Å². The minimum atomic E-state index is -0.715. The van der Waals surface area contributed by atoms with Crippen molar-refractivity contribution < 1.29 is 23.8 Å². The second kappa shape index (κ2) is 13.7. The lowest BCUT2D eigenvalue weighted by Gasteiger charge is -2.25. The smallest absolute Gasteiger partial charge is 0.343 e. The molecule has 10 heteroatoms. The van der Waals surface area contributed by atoms with Gasteiger partial charge in [0.2, 0.25) is 0 Å². The molecule has 47 heavy (non-hydrogen) atoms. The number of para-hydroxylation sites is 1. The average Bonchev–Trinajstić information content (AvgIpc) is 3.39. The van der Waals surface area contributed by atoms with Crippen molar-refractivity contribution in [2.45, 2.75) is 19.9 Å². The summed E-state index contributed by atoms with van der Waals surface area (Å²) in [7, 11) is 1.56. The Labute approximate surface area is 274 Å². The number of thiazole rings is 1. The Morgan fingerprint density at radius 3 is 2.21 bits per heavy atom. The molecule has 1 aliphatic rings. The molecule has 1 aliphatic heterocycles. The molecular formula is C37H31N3O6S. The third-order valence-corrected chi connectivity index (χ3v) is 8.50. The molecule has 5 aromatic rings. The molecule has 9 nitrogen and oxygen atoms in total. The predicted molar refractivity (Wildman–Crippen MR) is 181 cm³/mol. The topological polar surface area (TPSA) is 108 Å². The van der Waals surface area contributed by atoms with Gasteiger partial charge in [0.1, 0.15) is 17.2 Å². The summed E-state index contributed by atoms with van der Waals surface area (Å²) in [5.41, 5.74) is 3.13. The molecule has 1 atom stereocenters. The Hall–Kier alpha value is -5.74. The van der Waals surface area contributed by atoms with E-state index in [0.717, 1.165) is 11.1 Å². The van der Waals surface area contributed by atoms with Gasteiger partial charge in [-0.25, -0.2) is 9.79 Å². The van der Waals surface area contributed by atoms with Crippen molar-refractivity contribution in [3.05, 3.63) is 151 Å². The highest BCUT2D eigenvalue weighted by atomic mass is 32.1. The number of ether oxygens (including phenoxy) is 3. The lowest BCUT2D eigenvalue weighted by Crippen LogP contribution is -2.40. The first-order valence-corrected chi connectivity index (χ1v) is 15.7. The van der Waals surface area contributed by atoms with E-state index in [-0.39, 0.29) is 11.5 Å². The van der Waals surface area contributed by atoms with E-state index in [1.54, 1.807) is 85.3 Å². The summed E-state index contributed by atoms with van der Waals surface area (Å²) in [5.74, 6) is 0.863. The number of nitrogens with one attached hydrogen (secondary N) is 1. The lowest BCUT2D eigenvalue weighted by molar-refractivity contribution is -0.113. The van der Waals surface area contributed by atoms with E-state index in [1.165, 1.54) is 11.3 Å². The first-order valence-electron chi connectivity index (χ1n) is 14.9. The molecule has 0 fully saturated rings. The van der Waals surface area contributed by atoms with E-state index in [4.69, 9.17) is 19.2 Å². The van der Waals surface area contributed by atoms with E-state index in [0.29, 0.717) is 55.7 Å². The van der Waals surface area contributed by atoms with Crippen LogP contribution < -0.4 is 34.4 Å². The van der Waals surface area contributed by atoms with Gasteiger partial charge in [-0.05, 0) is 91.7 Å². The average molecular weight is 646 g/mol. The number of carbonyl (C=O) groups excluding carboxylic acids is 2. The molecule has 0 saturated heterocycles. The summed E-state index contributed by atoms with van der Waals surface area (Å²) in [5, 5.41) is 2.96. The van der Waals surface area contributed by atoms with Crippen LogP contribution in [0.3, 0.4) is 0 Å². The zero-order valence-electron chi connectivity index (χ0n) is 25.9. The molecule has 236 valence electrons. The SMILES string of the molecule is CCOc1ccc([C@H]2C(C(=O)Nc3ccccc3)=C(C)N=c3s/c(=C\c4ccc(OC(=O)c5ccc(OC)cc5)cc4)c(=O)n32)cc1. The number of rotatable bonds is 9. The van der Waals surface area contributed by atoms with Crippen molar-refractivity contribution >= 4 is 35.0 Å². The van der Waals surface area contributed by atoms with Crippen LogP contribution in [0.15, 0.2) is 124 Å². The molecule has 1 aromatic heterocycles. The first-order chi connectivity index (χ1) is 22.8. The molecule has 0 saturated carbocycles. The summed E-state index contributed by atoms with van der Waals surface area (Å²) in [6.45, 7) is 4.21. The maximum atomic E-state index is 14.0. The van der Waals surface area contributed by atoms with Gasteiger partial charge in [0.15, 0.2) is 4.80 Å². The van der Waals surface area contributed by atoms with E-state index < -0.39 is 12.0 Å². The van der Waals surface area contributed by atoms with Crippen molar-refractivity contribution in [1.82, 2.24) is 4.57 Å². The molecule has 2 heterocycles. The molecule has 1 amide bonds. The van der Waals surface area contributed by atoms with Gasteiger partial charge in [0.25, 0.3) is 11.5 Å². The number of aromatic nitrogens is 1. The number of hydrogen-bond acceptors (Lipinski definition) is 8. The minimum Gasteiger partial charge on any atom is -0.497 e. The fourth-order valence-corrected chi connectivity index (χ4v) is 6.28. The normalized spacial score (nSPS) is 14.2. The van der Waals surface area contributed by atoms with Gasteiger partial charge in [0, 0.05) is 5.69 Å². The largest absolute Gasteiger partial charge is 0.497 e. The highest BCUT2D eigenvalue weighted by Gasteiger charge is 2.32. The fourth-order valence-electron chi connectivity index (χ4n) is 5.24. The number of benzene rings is 4. The Morgan fingerprint density at radius 2 is 1.55 bits per heavy atom. The third kappa shape index (κ3) is 6.78. The van der Waals surface area contributed by atoms with Gasteiger partial charge in [-0.1, -0.05) is 53.8 Å². The molecule has 0 radical (unpaired) electrons. The van der Waals surface area contributed by atoms with Gasteiger partial charge >= 0.3 is 5.97 Å². The van der Waals surface area contributed by atoms with Crippen LogP contribution in [0.5, 0.6) is 17.2 Å². The van der Waals surface area contributed by atoms with Crippen molar-refractivity contribution in [2.75, 3.05) is 19.0 Å². The molecule has 6 rings (SSSR count). The highest BCUT2D eigenvalue weighted by molar-refractivity contribution is 7.07.